The zero-order valence-corrected chi connectivity index (χ0v) is 19.4. The van der Waals surface area contributed by atoms with Crippen LogP contribution in [-0.2, 0) is 4.79 Å². The normalized spacial score (nSPS) is 11.3. The quantitative estimate of drug-likeness (QED) is 0.508. The number of methoxy groups -OCH3 is 2. The van der Waals surface area contributed by atoms with Crippen molar-refractivity contribution >= 4 is 23.2 Å². The van der Waals surface area contributed by atoms with Gasteiger partial charge in [-0.25, -0.2) is 0 Å². The minimum absolute atomic E-state index is 0.289. The van der Waals surface area contributed by atoms with E-state index in [1.54, 1.807) is 43.3 Å². The van der Waals surface area contributed by atoms with Gasteiger partial charge in [0.25, 0.3) is 11.8 Å². The largest absolute Gasteiger partial charge is 0.494 e. The molecule has 33 heavy (non-hydrogen) atoms. The van der Waals surface area contributed by atoms with Gasteiger partial charge < -0.3 is 24.8 Å². The van der Waals surface area contributed by atoms with Crippen molar-refractivity contribution in [3.8, 4) is 17.2 Å². The molecule has 0 aliphatic heterocycles. The van der Waals surface area contributed by atoms with E-state index in [-0.39, 0.29) is 11.8 Å². The number of carbonyl (C=O) groups excluding carboxylic acids is 2. The molecule has 7 heteroatoms. The van der Waals surface area contributed by atoms with Crippen LogP contribution in [0.15, 0.2) is 60.7 Å². The van der Waals surface area contributed by atoms with Gasteiger partial charge in [0.2, 0.25) is 0 Å². The van der Waals surface area contributed by atoms with E-state index < -0.39 is 6.10 Å². The van der Waals surface area contributed by atoms with Crippen molar-refractivity contribution in [2.45, 2.75) is 26.9 Å². The summed E-state index contributed by atoms with van der Waals surface area (Å²) in [4.78, 5) is 25.4. The lowest BCUT2D eigenvalue weighted by molar-refractivity contribution is -0.122. The average Bonchev–Trinajstić information content (AvgIpc) is 2.81. The van der Waals surface area contributed by atoms with E-state index in [1.807, 2.05) is 38.1 Å². The molecular formula is C26H28N2O5. The maximum Gasteiger partial charge on any atom is 0.265 e. The summed E-state index contributed by atoms with van der Waals surface area (Å²) >= 11 is 0. The fraction of sp³-hybridized carbons (Fsp3) is 0.231. The van der Waals surface area contributed by atoms with Crippen LogP contribution >= 0.6 is 0 Å². The lowest BCUT2D eigenvalue weighted by Gasteiger charge is -2.19. The van der Waals surface area contributed by atoms with Crippen LogP contribution in [0, 0.1) is 13.8 Å². The minimum Gasteiger partial charge on any atom is -0.494 e. The van der Waals surface area contributed by atoms with Crippen LogP contribution in [0.25, 0.3) is 0 Å². The molecule has 7 nitrogen and oxygen atoms in total. The van der Waals surface area contributed by atoms with Crippen LogP contribution in [0.2, 0.25) is 0 Å². The first kappa shape index (κ1) is 23.7. The van der Waals surface area contributed by atoms with Gasteiger partial charge >= 0.3 is 0 Å². The molecule has 1 unspecified atom stereocenters. The van der Waals surface area contributed by atoms with Gasteiger partial charge in [0.1, 0.15) is 17.2 Å². The Kier molecular flexibility index (Phi) is 7.56. The highest BCUT2D eigenvalue weighted by Gasteiger charge is 2.20. The summed E-state index contributed by atoms with van der Waals surface area (Å²) in [5, 5.41) is 5.64. The summed E-state index contributed by atoms with van der Waals surface area (Å²) < 4.78 is 16.7. The third kappa shape index (κ3) is 5.83. The number of benzene rings is 3. The monoisotopic (exact) mass is 448 g/mol. The summed E-state index contributed by atoms with van der Waals surface area (Å²) in [7, 11) is 2.97. The van der Waals surface area contributed by atoms with Crippen molar-refractivity contribution in [3.63, 3.8) is 0 Å². The van der Waals surface area contributed by atoms with Gasteiger partial charge in [0.05, 0.1) is 25.6 Å². The van der Waals surface area contributed by atoms with Gasteiger partial charge in [-0.05, 0) is 44.5 Å². The number of rotatable bonds is 8. The molecule has 0 aromatic heterocycles. The summed E-state index contributed by atoms with van der Waals surface area (Å²) in [6.07, 6.45) is -0.750. The number of hydrogen-bond acceptors (Lipinski definition) is 5. The van der Waals surface area contributed by atoms with Crippen molar-refractivity contribution in [3.05, 3.63) is 77.4 Å². The first-order chi connectivity index (χ1) is 15.8. The summed E-state index contributed by atoms with van der Waals surface area (Å²) in [5.41, 5.74) is 3.39. The fourth-order valence-corrected chi connectivity index (χ4v) is 3.29. The van der Waals surface area contributed by atoms with E-state index in [0.717, 1.165) is 11.1 Å². The molecule has 0 spiro atoms. The molecule has 3 aromatic rings. The zero-order valence-electron chi connectivity index (χ0n) is 19.4. The van der Waals surface area contributed by atoms with Crippen molar-refractivity contribution < 1.29 is 23.8 Å². The standard InChI is InChI=1S/C26H28N2O5/c1-16-11-12-22(17(2)13-16)33-18(3)25(29)27-20-14-24(32-5)21(15-23(20)31-4)28-26(30)19-9-7-6-8-10-19/h6-15,18H,1-5H3,(H,27,29)(H,28,30). The fourth-order valence-electron chi connectivity index (χ4n) is 3.29. The Morgan fingerprint density at radius 2 is 1.39 bits per heavy atom. The molecule has 0 radical (unpaired) electrons. The molecule has 3 aromatic carbocycles. The number of hydrogen-bond donors (Lipinski definition) is 2. The molecule has 3 rings (SSSR count). The third-order valence-electron chi connectivity index (χ3n) is 5.07. The second-order valence-corrected chi connectivity index (χ2v) is 7.59. The maximum atomic E-state index is 12.8. The van der Waals surface area contributed by atoms with E-state index >= 15 is 0 Å². The van der Waals surface area contributed by atoms with Gasteiger partial charge in [0, 0.05) is 17.7 Å². The van der Waals surface area contributed by atoms with Crippen LogP contribution in [0.3, 0.4) is 0 Å². The van der Waals surface area contributed by atoms with Crippen LogP contribution in [0.1, 0.15) is 28.4 Å². The molecule has 172 valence electrons. The Bertz CT molecular complexity index is 1140. The van der Waals surface area contributed by atoms with Crippen LogP contribution in [0.5, 0.6) is 17.2 Å². The summed E-state index contributed by atoms with van der Waals surface area (Å²) in [6.45, 7) is 5.61. The van der Waals surface area contributed by atoms with E-state index in [0.29, 0.717) is 34.2 Å². The van der Waals surface area contributed by atoms with Gasteiger partial charge in [0.15, 0.2) is 6.10 Å². The Morgan fingerprint density at radius 3 is 1.97 bits per heavy atom. The number of carbonyl (C=O) groups is 2. The lowest BCUT2D eigenvalue weighted by atomic mass is 10.1. The first-order valence-corrected chi connectivity index (χ1v) is 10.5. The molecule has 2 amide bonds. The molecule has 0 bridgehead atoms. The molecule has 1 atom stereocenters. The Labute approximate surface area is 193 Å². The molecule has 0 heterocycles. The van der Waals surface area contributed by atoms with Gasteiger partial charge in [-0.2, -0.15) is 0 Å². The van der Waals surface area contributed by atoms with Crippen molar-refractivity contribution in [1.29, 1.82) is 0 Å². The minimum atomic E-state index is -0.750. The molecule has 2 N–H and O–H groups in total. The Balaban J connectivity index is 1.78. The van der Waals surface area contributed by atoms with Crippen molar-refractivity contribution in [1.82, 2.24) is 0 Å². The molecular weight excluding hydrogens is 420 g/mol. The van der Waals surface area contributed by atoms with Crippen LogP contribution < -0.4 is 24.8 Å². The smallest absolute Gasteiger partial charge is 0.265 e. The highest BCUT2D eigenvalue weighted by molar-refractivity contribution is 6.05. The first-order valence-electron chi connectivity index (χ1n) is 10.5. The second-order valence-electron chi connectivity index (χ2n) is 7.59. The molecule has 0 aliphatic rings. The number of nitrogens with one attached hydrogen (secondary N) is 2. The Hall–Kier alpha value is -4.00. The number of anilines is 2. The molecule has 0 fully saturated rings. The van der Waals surface area contributed by atoms with E-state index in [1.165, 1.54) is 14.2 Å². The maximum absolute atomic E-state index is 12.8. The summed E-state index contributed by atoms with van der Waals surface area (Å²) in [6, 6.07) is 17.8. The SMILES string of the molecule is COc1cc(NC(=O)C(C)Oc2ccc(C)cc2C)c(OC)cc1NC(=O)c1ccccc1. The highest BCUT2D eigenvalue weighted by atomic mass is 16.5. The number of amides is 2. The topological polar surface area (TPSA) is 85.9 Å². The van der Waals surface area contributed by atoms with Gasteiger partial charge in [-0.3, -0.25) is 9.59 Å². The van der Waals surface area contributed by atoms with E-state index in [4.69, 9.17) is 14.2 Å². The molecule has 0 saturated carbocycles. The van der Waals surface area contributed by atoms with E-state index in [2.05, 4.69) is 10.6 Å². The van der Waals surface area contributed by atoms with Gasteiger partial charge in [-0.15, -0.1) is 0 Å². The van der Waals surface area contributed by atoms with E-state index in [9.17, 15) is 9.59 Å². The lowest BCUT2D eigenvalue weighted by Crippen LogP contribution is -2.30. The predicted molar refractivity (Wildman–Crippen MR) is 129 cm³/mol. The predicted octanol–water partition coefficient (Wildman–Crippen LogP) is 4.98. The highest BCUT2D eigenvalue weighted by Crippen LogP contribution is 2.37. The molecule has 0 saturated heterocycles. The average molecular weight is 449 g/mol. The number of ether oxygens (including phenoxy) is 3. The second kappa shape index (κ2) is 10.5. The Morgan fingerprint density at radius 1 is 0.788 bits per heavy atom. The number of aryl methyl sites for hydroxylation is 2. The van der Waals surface area contributed by atoms with Crippen LogP contribution in [-0.4, -0.2) is 32.1 Å². The summed E-state index contributed by atoms with van der Waals surface area (Å²) in [5.74, 6) is 0.746. The molecule has 0 aliphatic carbocycles. The van der Waals surface area contributed by atoms with Gasteiger partial charge in [-0.1, -0.05) is 35.9 Å². The zero-order chi connectivity index (χ0) is 24.0. The van der Waals surface area contributed by atoms with Crippen LogP contribution in [0.4, 0.5) is 11.4 Å². The van der Waals surface area contributed by atoms with Crippen molar-refractivity contribution in [2.75, 3.05) is 24.9 Å². The van der Waals surface area contributed by atoms with Crippen molar-refractivity contribution in [2.24, 2.45) is 0 Å². The third-order valence-corrected chi connectivity index (χ3v) is 5.07.